The molecule has 1 saturated carbocycles. The predicted molar refractivity (Wildman–Crippen MR) is 87.8 cm³/mol. The molecule has 0 amide bonds. The van der Waals surface area contributed by atoms with E-state index >= 15 is 0 Å². The van der Waals surface area contributed by atoms with Gasteiger partial charge in [0, 0.05) is 11.6 Å². The number of carboxylic acids is 1. The lowest BCUT2D eigenvalue weighted by Crippen LogP contribution is -2.26. The minimum absolute atomic E-state index is 0.234. The van der Waals surface area contributed by atoms with Gasteiger partial charge in [0.05, 0.1) is 11.4 Å². The number of aliphatic carboxylic acids is 1. The Labute approximate surface area is 135 Å². The summed E-state index contributed by atoms with van der Waals surface area (Å²) in [5.41, 5.74) is 1.97. The molecular formula is C19H22FNO2. The molecule has 0 bridgehead atoms. The number of halogens is 1. The van der Waals surface area contributed by atoms with Gasteiger partial charge < -0.3 is 5.11 Å². The highest BCUT2D eigenvalue weighted by molar-refractivity contribution is 5.82. The molecule has 1 heterocycles. The Morgan fingerprint density at radius 3 is 2.70 bits per heavy atom. The van der Waals surface area contributed by atoms with Gasteiger partial charge in [-0.2, -0.15) is 0 Å². The van der Waals surface area contributed by atoms with E-state index in [1.54, 1.807) is 18.3 Å². The summed E-state index contributed by atoms with van der Waals surface area (Å²) >= 11 is 0. The second-order valence-electron chi connectivity index (χ2n) is 6.53. The molecule has 1 unspecified atom stereocenters. The third-order valence-corrected chi connectivity index (χ3v) is 5.28. The highest BCUT2D eigenvalue weighted by Crippen LogP contribution is 2.41. The quantitative estimate of drug-likeness (QED) is 0.885. The molecular weight excluding hydrogens is 293 g/mol. The fourth-order valence-electron chi connectivity index (χ4n) is 4.04. The van der Waals surface area contributed by atoms with Crippen LogP contribution in [0, 0.1) is 17.7 Å². The van der Waals surface area contributed by atoms with Crippen LogP contribution in [-0.4, -0.2) is 16.1 Å². The maximum Gasteiger partial charge on any atom is 0.306 e. The second-order valence-corrected chi connectivity index (χ2v) is 6.53. The molecule has 1 fully saturated rings. The van der Waals surface area contributed by atoms with Crippen molar-refractivity contribution in [3.05, 3.63) is 41.8 Å². The molecule has 0 aliphatic heterocycles. The van der Waals surface area contributed by atoms with Crippen LogP contribution in [0.2, 0.25) is 0 Å². The maximum atomic E-state index is 13.6. The molecule has 1 aliphatic carbocycles. The number of benzene rings is 1. The fraction of sp³-hybridized carbons (Fsp3) is 0.474. The van der Waals surface area contributed by atoms with Gasteiger partial charge in [-0.1, -0.05) is 6.92 Å². The Morgan fingerprint density at radius 2 is 2.04 bits per heavy atom. The number of nitrogens with zero attached hydrogens (tertiary/aromatic N) is 1. The number of aromatic nitrogens is 1. The number of carboxylic acid groups (broad SMARTS) is 1. The lowest BCUT2D eigenvalue weighted by atomic mass is 9.72. The smallest absolute Gasteiger partial charge is 0.306 e. The molecule has 1 aliphatic rings. The molecule has 122 valence electrons. The summed E-state index contributed by atoms with van der Waals surface area (Å²) in [5, 5.41) is 10.2. The lowest BCUT2D eigenvalue weighted by molar-refractivity contribution is -0.144. The van der Waals surface area contributed by atoms with E-state index in [0.29, 0.717) is 12.3 Å². The average Bonchev–Trinajstić information content (AvgIpc) is 2.55. The summed E-state index contributed by atoms with van der Waals surface area (Å²) in [6.07, 6.45) is 6.25. The van der Waals surface area contributed by atoms with Gasteiger partial charge in [-0.25, -0.2) is 4.39 Å². The third kappa shape index (κ3) is 3.21. The van der Waals surface area contributed by atoms with Gasteiger partial charge in [0.2, 0.25) is 0 Å². The highest BCUT2D eigenvalue weighted by atomic mass is 19.1. The summed E-state index contributed by atoms with van der Waals surface area (Å²) < 4.78 is 13.6. The van der Waals surface area contributed by atoms with Crippen molar-refractivity contribution >= 4 is 16.9 Å². The summed E-state index contributed by atoms with van der Waals surface area (Å²) in [7, 11) is 0. The van der Waals surface area contributed by atoms with E-state index < -0.39 is 5.97 Å². The zero-order chi connectivity index (χ0) is 16.4. The number of pyridine rings is 1. The summed E-state index contributed by atoms with van der Waals surface area (Å²) in [4.78, 5) is 15.7. The maximum absolute atomic E-state index is 13.6. The third-order valence-electron chi connectivity index (χ3n) is 5.28. The largest absolute Gasteiger partial charge is 0.481 e. The van der Waals surface area contributed by atoms with Crippen molar-refractivity contribution in [2.24, 2.45) is 11.8 Å². The van der Waals surface area contributed by atoms with Crippen molar-refractivity contribution in [1.82, 2.24) is 4.98 Å². The minimum atomic E-state index is -0.674. The van der Waals surface area contributed by atoms with Crippen LogP contribution in [0.4, 0.5) is 4.39 Å². The molecule has 1 aromatic carbocycles. The monoisotopic (exact) mass is 315 g/mol. The summed E-state index contributed by atoms with van der Waals surface area (Å²) in [5.74, 6) is -0.518. The van der Waals surface area contributed by atoms with Crippen LogP contribution in [0.5, 0.6) is 0 Å². The molecule has 3 rings (SSSR count). The second kappa shape index (κ2) is 6.65. The van der Waals surface area contributed by atoms with Crippen molar-refractivity contribution in [3.63, 3.8) is 0 Å². The van der Waals surface area contributed by atoms with Crippen LogP contribution in [0.15, 0.2) is 30.5 Å². The van der Waals surface area contributed by atoms with Gasteiger partial charge in [0.25, 0.3) is 0 Å². The molecule has 4 heteroatoms. The van der Waals surface area contributed by atoms with Crippen LogP contribution in [0.1, 0.15) is 50.5 Å². The van der Waals surface area contributed by atoms with Crippen molar-refractivity contribution in [2.75, 3.05) is 0 Å². The zero-order valence-corrected chi connectivity index (χ0v) is 13.3. The Balaban J connectivity index is 1.80. The lowest BCUT2D eigenvalue weighted by Gasteiger charge is -2.32. The molecule has 23 heavy (non-hydrogen) atoms. The number of hydrogen-bond donors (Lipinski definition) is 1. The van der Waals surface area contributed by atoms with Crippen LogP contribution >= 0.6 is 0 Å². The van der Waals surface area contributed by atoms with E-state index in [9.17, 15) is 14.3 Å². The van der Waals surface area contributed by atoms with Crippen LogP contribution in [-0.2, 0) is 4.79 Å². The molecule has 1 N–H and O–H groups in total. The molecule has 0 saturated heterocycles. The molecule has 0 spiro atoms. The SMILES string of the molecule is CCC(C(=O)O)[C@H]1CC[C@H](c2ccnc3ccc(F)cc32)CC1. The number of rotatable bonds is 4. The van der Waals surface area contributed by atoms with E-state index in [2.05, 4.69) is 4.98 Å². The van der Waals surface area contributed by atoms with E-state index in [-0.39, 0.29) is 17.7 Å². The first-order valence-corrected chi connectivity index (χ1v) is 8.37. The van der Waals surface area contributed by atoms with Gasteiger partial charge in [-0.15, -0.1) is 0 Å². The summed E-state index contributed by atoms with van der Waals surface area (Å²) in [6.45, 7) is 1.95. The highest BCUT2D eigenvalue weighted by Gasteiger charge is 2.31. The topological polar surface area (TPSA) is 50.2 Å². The first kappa shape index (κ1) is 15.9. The van der Waals surface area contributed by atoms with E-state index in [4.69, 9.17) is 0 Å². The minimum Gasteiger partial charge on any atom is -0.481 e. The number of carbonyl (C=O) groups is 1. The van der Waals surface area contributed by atoms with Crippen molar-refractivity contribution < 1.29 is 14.3 Å². The molecule has 1 atom stereocenters. The Kier molecular flexibility index (Phi) is 4.60. The van der Waals surface area contributed by atoms with Gasteiger partial charge >= 0.3 is 5.97 Å². The van der Waals surface area contributed by atoms with Gasteiger partial charge in [0.1, 0.15) is 5.82 Å². The van der Waals surface area contributed by atoms with Crippen LogP contribution in [0.3, 0.4) is 0 Å². The normalized spacial score (nSPS) is 22.9. The van der Waals surface area contributed by atoms with Crippen LogP contribution in [0.25, 0.3) is 10.9 Å². The van der Waals surface area contributed by atoms with Gasteiger partial charge in [0.15, 0.2) is 0 Å². The first-order chi connectivity index (χ1) is 11.1. The van der Waals surface area contributed by atoms with Crippen LogP contribution < -0.4 is 0 Å². The number of fused-ring (bicyclic) bond motifs is 1. The molecule has 3 nitrogen and oxygen atoms in total. The van der Waals surface area contributed by atoms with Crippen molar-refractivity contribution in [3.8, 4) is 0 Å². The molecule has 0 radical (unpaired) electrons. The Hall–Kier alpha value is -1.97. The molecule has 2 aromatic rings. The Morgan fingerprint density at radius 1 is 1.30 bits per heavy atom. The van der Waals surface area contributed by atoms with Crippen molar-refractivity contribution in [2.45, 2.75) is 44.9 Å². The summed E-state index contributed by atoms with van der Waals surface area (Å²) in [6, 6.07) is 6.71. The first-order valence-electron chi connectivity index (χ1n) is 8.37. The van der Waals surface area contributed by atoms with E-state index in [0.717, 1.165) is 42.1 Å². The number of hydrogen-bond acceptors (Lipinski definition) is 2. The van der Waals surface area contributed by atoms with E-state index in [1.165, 1.54) is 6.07 Å². The Bertz CT molecular complexity index is 708. The molecule has 1 aromatic heterocycles. The fourth-order valence-corrected chi connectivity index (χ4v) is 4.04. The average molecular weight is 315 g/mol. The van der Waals surface area contributed by atoms with Crippen molar-refractivity contribution in [1.29, 1.82) is 0 Å². The van der Waals surface area contributed by atoms with Gasteiger partial charge in [-0.3, -0.25) is 9.78 Å². The standard InChI is InChI=1S/C19H22FNO2/c1-2-15(19(22)23)12-3-5-13(6-4-12)16-9-10-21-18-8-7-14(20)11-17(16)18/h7-13,15H,2-6H2,1H3,(H,22,23)/t12-,13-,15?. The van der Waals surface area contributed by atoms with E-state index in [1.807, 2.05) is 13.0 Å². The predicted octanol–water partition coefficient (Wildman–Crippen LogP) is 4.76. The van der Waals surface area contributed by atoms with Gasteiger partial charge in [-0.05, 0) is 73.8 Å². The zero-order valence-electron chi connectivity index (χ0n) is 13.3.